The van der Waals surface area contributed by atoms with E-state index in [4.69, 9.17) is 4.52 Å². The van der Waals surface area contributed by atoms with Gasteiger partial charge in [0.1, 0.15) is 5.69 Å². The van der Waals surface area contributed by atoms with Crippen LogP contribution in [0, 0.1) is 6.92 Å². The summed E-state index contributed by atoms with van der Waals surface area (Å²) < 4.78 is 34.9. The molecule has 0 spiro atoms. The van der Waals surface area contributed by atoms with E-state index in [9.17, 15) is 8.42 Å². The Morgan fingerprint density at radius 1 is 0.971 bits per heavy atom. The fraction of sp³-hybridized carbons (Fsp3) is 0.0800. The SMILES string of the molecule is Cc1cccc(-c2noc(-c3cn(Cc4ccc(NS(=O)(=O)c5ccccc5)cc4)cn3)n2)c1. The first kappa shape index (κ1) is 21.6. The molecule has 8 nitrogen and oxygen atoms in total. The molecule has 0 atom stereocenters. The fourth-order valence-electron chi connectivity index (χ4n) is 3.49. The molecule has 2 heterocycles. The van der Waals surface area contributed by atoms with E-state index < -0.39 is 10.0 Å². The molecule has 0 saturated heterocycles. The monoisotopic (exact) mass is 471 g/mol. The molecule has 5 rings (SSSR count). The van der Waals surface area contributed by atoms with Crippen molar-refractivity contribution in [2.45, 2.75) is 18.4 Å². The van der Waals surface area contributed by atoms with E-state index in [1.54, 1.807) is 48.8 Å². The second-order valence-corrected chi connectivity index (χ2v) is 9.52. The Balaban J connectivity index is 1.26. The summed E-state index contributed by atoms with van der Waals surface area (Å²) in [5, 5.41) is 4.07. The predicted octanol–water partition coefficient (Wildman–Crippen LogP) is 4.76. The zero-order valence-corrected chi connectivity index (χ0v) is 19.1. The Morgan fingerprint density at radius 2 is 1.76 bits per heavy atom. The van der Waals surface area contributed by atoms with E-state index >= 15 is 0 Å². The molecule has 0 amide bonds. The number of aromatic nitrogens is 4. The minimum Gasteiger partial charge on any atom is -0.332 e. The van der Waals surface area contributed by atoms with Gasteiger partial charge in [-0.15, -0.1) is 0 Å². The van der Waals surface area contributed by atoms with Crippen LogP contribution in [0.4, 0.5) is 5.69 Å². The van der Waals surface area contributed by atoms with Gasteiger partial charge in [-0.2, -0.15) is 4.98 Å². The van der Waals surface area contributed by atoms with Gasteiger partial charge < -0.3 is 9.09 Å². The first-order valence-corrected chi connectivity index (χ1v) is 12.0. The molecule has 9 heteroatoms. The third-order valence-corrected chi connectivity index (χ3v) is 6.58. The molecule has 2 aromatic heterocycles. The minimum absolute atomic E-state index is 0.219. The van der Waals surface area contributed by atoms with Gasteiger partial charge in [0.05, 0.1) is 11.2 Å². The summed E-state index contributed by atoms with van der Waals surface area (Å²) in [4.78, 5) is 9.06. The van der Waals surface area contributed by atoms with Gasteiger partial charge >= 0.3 is 0 Å². The van der Waals surface area contributed by atoms with Crippen molar-refractivity contribution < 1.29 is 12.9 Å². The highest BCUT2D eigenvalue weighted by Gasteiger charge is 2.15. The lowest BCUT2D eigenvalue weighted by atomic mass is 10.1. The maximum absolute atomic E-state index is 12.5. The van der Waals surface area contributed by atoms with Crippen LogP contribution in [0.2, 0.25) is 0 Å². The van der Waals surface area contributed by atoms with Crippen LogP contribution in [0.15, 0.2) is 101 Å². The predicted molar refractivity (Wildman–Crippen MR) is 128 cm³/mol. The molecule has 3 aromatic carbocycles. The van der Waals surface area contributed by atoms with Crippen molar-refractivity contribution in [3.63, 3.8) is 0 Å². The van der Waals surface area contributed by atoms with Gasteiger partial charge in [-0.1, -0.05) is 59.3 Å². The average molecular weight is 472 g/mol. The number of imidazole rings is 1. The van der Waals surface area contributed by atoms with Gasteiger partial charge in [-0.25, -0.2) is 13.4 Å². The summed E-state index contributed by atoms with van der Waals surface area (Å²) >= 11 is 0. The molecular formula is C25H21N5O3S. The average Bonchev–Trinajstić information content (AvgIpc) is 3.51. The highest BCUT2D eigenvalue weighted by molar-refractivity contribution is 7.92. The summed E-state index contributed by atoms with van der Waals surface area (Å²) in [5.74, 6) is 0.864. The Morgan fingerprint density at radius 3 is 2.53 bits per heavy atom. The minimum atomic E-state index is -3.62. The van der Waals surface area contributed by atoms with Crippen LogP contribution in [0.5, 0.6) is 0 Å². The Labute approximate surface area is 197 Å². The third kappa shape index (κ3) is 4.74. The van der Waals surface area contributed by atoms with Crippen LogP contribution >= 0.6 is 0 Å². The third-order valence-electron chi connectivity index (χ3n) is 5.18. The summed E-state index contributed by atoms with van der Waals surface area (Å²) in [6, 6.07) is 23.4. The van der Waals surface area contributed by atoms with Gasteiger partial charge in [0, 0.05) is 24.0 Å². The lowest BCUT2D eigenvalue weighted by molar-refractivity contribution is 0.431. The zero-order valence-electron chi connectivity index (χ0n) is 18.3. The molecule has 0 saturated carbocycles. The van der Waals surface area contributed by atoms with E-state index in [0.717, 1.165) is 16.7 Å². The van der Waals surface area contributed by atoms with Crippen LogP contribution in [0.1, 0.15) is 11.1 Å². The highest BCUT2D eigenvalue weighted by atomic mass is 32.2. The largest absolute Gasteiger partial charge is 0.332 e. The smallest absolute Gasteiger partial charge is 0.278 e. The number of aryl methyl sites for hydroxylation is 1. The molecule has 0 bridgehead atoms. The van der Waals surface area contributed by atoms with Gasteiger partial charge in [0.15, 0.2) is 0 Å². The van der Waals surface area contributed by atoms with Gasteiger partial charge in [-0.3, -0.25) is 4.72 Å². The number of nitrogens with zero attached hydrogens (tertiary/aromatic N) is 4. The van der Waals surface area contributed by atoms with Crippen molar-refractivity contribution in [3.8, 4) is 23.0 Å². The van der Waals surface area contributed by atoms with Crippen molar-refractivity contribution in [1.82, 2.24) is 19.7 Å². The van der Waals surface area contributed by atoms with Gasteiger partial charge in [0.2, 0.25) is 5.82 Å². The lowest BCUT2D eigenvalue weighted by Crippen LogP contribution is -2.12. The van der Waals surface area contributed by atoms with Gasteiger partial charge in [0.25, 0.3) is 15.9 Å². The molecule has 0 fully saturated rings. The molecular weight excluding hydrogens is 450 g/mol. The summed E-state index contributed by atoms with van der Waals surface area (Å²) in [6.45, 7) is 2.56. The maximum atomic E-state index is 12.5. The van der Waals surface area contributed by atoms with Crippen molar-refractivity contribution in [2.24, 2.45) is 0 Å². The number of sulfonamides is 1. The van der Waals surface area contributed by atoms with Crippen LogP contribution in [0.25, 0.3) is 23.0 Å². The molecule has 0 aliphatic rings. The fourth-order valence-corrected chi connectivity index (χ4v) is 4.57. The summed E-state index contributed by atoms with van der Waals surface area (Å²) in [7, 11) is -3.62. The molecule has 170 valence electrons. The lowest BCUT2D eigenvalue weighted by Gasteiger charge is -2.09. The summed E-state index contributed by atoms with van der Waals surface area (Å²) in [5.41, 5.74) is 4.06. The second kappa shape index (κ2) is 8.95. The number of nitrogens with one attached hydrogen (secondary N) is 1. The Kier molecular flexibility index (Phi) is 5.69. The molecule has 0 radical (unpaired) electrons. The van der Waals surface area contributed by atoms with E-state index in [1.165, 1.54) is 0 Å². The normalized spacial score (nSPS) is 11.4. The zero-order chi connectivity index (χ0) is 23.5. The van der Waals surface area contributed by atoms with Crippen LogP contribution in [-0.4, -0.2) is 28.1 Å². The molecule has 0 aliphatic heterocycles. The molecule has 34 heavy (non-hydrogen) atoms. The van der Waals surface area contributed by atoms with E-state index in [0.29, 0.717) is 29.6 Å². The van der Waals surface area contributed by atoms with Crippen LogP contribution in [0.3, 0.4) is 0 Å². The Hall–Kier alpha value is -4.24. The topological polar surface area (TPSA) is 103 Å². The molecule has 1 N–H and O–H groups in total. The maximum Gasteiger partial charge on any atom is 0.278 e. The number of rotatable bonds is 7. The van der Waals surface area contributed by atoms with Crippen LogP contribution < -0.4 is 4.72 Å². The van der Waals surface area contributed by atoms with Crippen molar-refractivity contribution in [3.05, 3.63) is 103 Å². The summed E-state index contributed by atoms with van der Waals surface area (Å²) in [6.07, 6.45) is 3.53. The van der Waals surface area contributed by atoms with E-state index in [1.807, 2.05) is 54.1 Å². The molecule has 0 unspecified atom stereocenters. The Bertz CT molecular complexity index is 1520. The van der Waals surface area contributed by atoms with E-state index in [-0.39, 0.29) is 4.90 Å². The number of benzene rings is 3. The number of hydrogen-bond acceptors (Lipinski definition) is 6. The number of anilines is 1. The van der Waals surface area contributed by atoms with Crippen molar-refractivity contribution in [2.75, 3.05) is 4.72 Å². The quantitative estimate of drug-likeness (QED) is 0.367. The first-order valence-electron chi connectivity index (χ1n) is 10.6. The second-order valence-electron chi connectivity index (χ2n) is 7.84. The highest BCUT2D eigenvalue weighted by Crippen LogP contribution is 2.22. The van der Waals surface area contributed by atoms with Crippen molar-refractivity contribution >= 4 is 15.7 Å². The van der Waals surface area contributed by atoms with Crippen molar-refractivity contribution in [1.29, 1.82) is 0 Å². The molecule has 0 aliphatic carbocycles. The van der Waals surface area contributed by atoms with Gasteiger partial charge in [-0.05, 0) is 42.8 Å². The number of hydrogen-bond donors (Lipinski definition) is 1. The van der Waals surface area contributed by atoms with E-state index in [2.05, 4.69) is 19.8 Å². The molecule has 5 aromatic rings. The first-order chi connectivity index (χ1) is 16.5. The standard InChI is InChI=1S/C25H21N5O3S/c1-18-6-5-7-20(14-18)24-27-25(33-28-24)23-16-30(17-26-23)15-19-10-12-21(13-11-19)29-34(31,32)22-8-3-2-4-9-22/h2-14,16-17,29H,15H2,1H3. The van der Waals surface area contributed by atoms with Crippen LogP contribution in [-0.2, 0) is 16.6 Å².